The zero-order valence-corrected chi connectivity index (χ0v) is 11.3. The zero-order chi connectivity index (χ0) is 14.0. The summed E-state index contributed by atoms with van der Waals surface area (Å²) in [6.07, 6.45) is 1.71. The molecule has 1 aliphatic rings. The highest BCUT2D eigenvalue weighted by atomic mass is 16.4. The van der Waals surface area contributed by atoms with Gasteiger partial charge in [0.15, 0.2) is 0 Å². The molecule has 0 unspecified atom stereocenters. The van der Waals surface area contributed by atoms with Crippen LogP contribution in [0, 0.1) is 6.92 Å². The van der Waals surface area contributed by atoms with Gasteiger partial charge in [-0.2, -0.15) is 0 Å². The molecule has 6 nitrogen and oxygen atoms in total. The number of rotatable bonds is 4. The molecule has 0 aliphatic carbocycles. The number of aryl methyl sites for hydroxylation is 1. The fraction of sp³-hybridized carbons (Fsp3) is 0.538. The number of aromatic nitrogens is 1. The monoisotopic (exact) mass is 265 g/mol. The number of hydrogen-bond donors (Lipinski definition) is 2. The lowest BCUT2D eigenvalue weighted by atomic mass is 10.0. The van der Waals surface area contributed by atoms with Crippen LogP contribution in [-0.2, 0) is 6.42 Å². The highest BCUT2D eigenvalue weighted by Crippen LogP contribution is 2.21. The fourth-order valence-corrected chi connectivity index (χ4v) is 2.42. The van der Waals surface area contributed by atoms with Crippen LogP contribution in [0.3, 0.4) is 0 Å². The van der Waals surface area contributed by atoms with Gasteiger partial charge in [-0.15, -0.1) is 0 Å². The number of carboxylic acid groups (broad SMARTS) is 1. The maximum Gasteiger partial charge on any atom is 0.407 e. The zero-order valence-electron chi connectivity index (χ0n) is 11.3. The number of aromatic amines is 1. The summed E-state index contributed by atoms with van der Waals surface area (Å²) >= 11 is 0. The molecule has 0 fully saturated rings. The van der Waals surface area contributed by atoms with Crippen molar-refractivity contribution in [2.45, 2.75) is 20.3 Å². The van der Waals surface area contributed by atoms with Crippen LogP contribution in [-0.4, -0.2) is 58.1 Å². The summed E-state index contributed by atoms with van der Waals surface area (Å²) < 4.78 is 0. The second kappa shape index (κ2) is 5.34. The number of carbonyl (C=O) groups excluding carboxylic acids is 1. The summed E-state index contributed by atoms with van der Waals surface area (Å²) in [6, 6.07) is 0. The van der Waals surface area contributed by atoms with Gasteiger partial charge in [0.1, 0.15) is 0 Å². The molecule has 2 N–H and O–H groups in total. The van der Waals surface area contributed by atoms with Gasteiger partial charge in [0.05, 0.1) is 5.56 Å². The van der Waals surface area contributed by atoms with Crippen LogP contribution >= 0.6 is 0 Å². The Hall–Kier alpha value is -1.98. The predicted molar refractivity (Wildman–Crippen MR) is 70.4 cm³/mol. The van der Waals surface area contributed by atoms with Crippen molar-refractivity contribution in [3.05, 3.63) is 23.0 Å². The summed E-state index contributed by atoms with van der Waals surface area (Å²) in [7, 11) is 0. The first-order valence-corrected chi connectivity index (χ1v) is 6.48. The van der Waals surface area contributed by atoms with E-state index in [2.05, 4.69) is 4.98 Å². The molecule has 104 valence electrons. The van der Waals surface area contributed by atoms with Crippen LogP contribution in [0.4, 0.5) is 4.79 Å². The Morgan fingerprint density at radius 1 is 1.58 bits per heavy atom. The van der Waals surface area contributed by atoms with Crippen LogP contribution in [0.15, 0.2) is 6.20 Å². The molecule has 1 aliphatic heterocycles. The summed E-state index contributed by atoms with van der Waals surface area (Å²) in [5.41, 5.74) is 2.70. The van der Waals surface area contributed by atoms with Gasteiger partial charge in [0, 0.05) is 44.5 Å². The molecule has 2 amide bonds. The van der Waals surface area contributed by atoms with E-state index < -0.39 is 6.09 Å². The first kappa shape index (κ1) is 13.5. The lowest BCUT2D eigenvalue weighted by Gasteiger charge is -2.29. The van der Waals surface area contributed by atoms with E-state index in [0.29, 0.717) is 26.2 Å². The maximum absolute atomic E-state index is 12.3. The van der Waals surface area contributed by atoms with Gasteiger partial charge in [0.25, 0.3) is 5.91 Å². The van der Waals surface area contributed by atoms with E-state index in [9.17, 15) is 9.59 Å². The second-order valence-corrected chi connectivity index (χ2v) is 4.73. The number of nitrogens with zero attached hydrogens (tertiary/aromatic N) is 2. The van der Waals surface area contributed by atoms with Gasteiger partial charge in [0.2, 0.25) is 0 Å². The van der Waals surface area contributed by atoms with E-state index in [-0.39, 0.29) is 5.91 Å². The van der Waals surface area contributed by atoms with Crippen molar-refractivity contribution in [2.75, 3.05) is 26.2 Å². The summed E-state index contributed by atoms with van der Waals surface area (Å²) in [4.78, 5) is 29.4. The molecule has 0 saturated heterocycles. The molecule has 0 aromatic carbocycles. The van der Waals surface area contributed by atoms with Crippen molar-refractivity contribution < 1.29 is 14.7 Å². The van der Waals surface area contributed by atoms with Crippen molar-refractivity contribution in [3.63, 3.8) is 0 Å². The summed E-state index contributed by atoms with van der Waals surface area (Å²) in [5, 5.41) is 8.95. The number of nitrogens with one attached hydrogen (secondary N) is 1. The van der Waals surface area contributed by atoms with E-state index >= 15 is 0 Å². The number of amides is 2. The summed E-state index contributed by atoms with van der Waals surface area (Å²) in [6.45, 7) is 5.58. The maximum atomic E-state index is 12.3. The first-order chi connectivity index (χ1) is 9.04. The Bertz CT molecular complexity index is 495. The molecule has 0 spiro atoms. The lowest BCUT2D eigenvalue weighted by molar-refractivity contribution is 0.0713. The lowest BCUT2D eigenvalue weighted by Crippen LogP contribution is -2.43. The number of carbonyl (C=O) groups is 2. The molecule has 1 aromatic rings. The molecule has 2 heterocycles. The van der Waals surface area contributed by atoms with Gasteiger partial charge in [-0.05, 0) is 19.4 Å². The minimum Gasteiger partial charge on any atom is -0.465 e. The Morgan fingerprint density at radius 2 is 2.32 bits per heavy atom. The van der Waals surface area contributed by atoms with Crippen molar-refractivity contribution in [1.29, 1.82) is 0 Å². The SMILES string of the molecule is CCN(CCN1CCc2[nH]cc(C)c2C1=O)C(=O)O. The Kier molecular flexibility index (Phi) is 3.78. The van der Waals surface area contributed by atoms with Crippen LogP contribution in [0.25, 0.3) is 0 Å². The number of H-pyrrole nitrogens is 1. The van der Waals surface area contributed by atoms with Gasteiger partial charge in [-0.25, -0.2) is 4.79 Å². The van der Waals surface area contributed by atoms with Gasteiger partial charge < -0.3 is 19.9 Å². The average molecular weight is 265 g/mol. The van der Waals surface area contributed by atoms with Crippen molar-refractivity contribution in [1.82, 2.24) is 14.8 Å². The van der Waals surface area contributed by atoms with Crippen LogP contribution in [0.5, 0.6) is 0 Å². The highest BCUT2D eigenvalue weighted by Gasteiger charge is 2.27. The molecule has 0 saturated carbocycles. The topological polar surface area (TPSA) is 76.6 Å². The van der Waals surface area contributed by atoms with Crippen LogP contribution < -0.4 is 0 Å². The van der Waals surface area contributed by atoms with Crippen molar-refractivity contribution >= 4 is 12.0 Å². The fourth-order valence-electron chi connectivity index (χ4n) is 2.42. The summed E-state index contributed by atoms with van der Waals surface area (Å²) in [5.74, 6) is 0.00134. The van der Waals surface area contributed by atoms with E-state index in [1.165, 1.54) is 4.90 Å². The number of likely N-dealkylation sites (N-methyl/N-ethyl adjacent to an activating group) is 1. The third-order valence-electron chi connectivity index (χ3n) is 3.58. The molecule has 0 atom stereocenters. The first-order valence-electron chi connectivity index (χ1n) is 6.48. The molecule has 19 heavy (non-hydrogen) atoms. The highest BCUT2D eigenvalue weighted by molar-refractivity contribution is 5.97. The molecule has 0 bridgehead atoms. The van der Waals surface area contributed by atoms with Crippen molar-refractivity contribution in [3.8, 4) is 0 Å². The molecule has 6 heteroatoms. The smallest absolute Gasteiger partial charge is 0.407 e. The predicted octanol–water partition coefficient (Wildman–Crippen LogP) is 1.32. The second-order valence-electron chi connectivity index (χ2n) is 4.73. The third-order valence-corrected chi connectivity index (χ3v) is 3.58. The van der Waals surface area contributed by atoms with Gasteiger partial charge in [-0.3, -0.25) is 4.79 Å². The molecular formula is C13H19N3O3. The Morgan fingerprint density at radius 3 is 2.95 bits per heavy atom. The molecule has 1 aromatic heterocycles. The van der Waals surface area contributed by atoms with Gasteiger partial charge in [-0.1, -0.05) is 0 Å². The molecular weight excluding hydrogens is 246 g/mol. The largest absolute Gasteiger partial charge is 0.465 e. The van der Waals surface area contributed by atoms with Crippen LogP contribution in [0.2, 0.25) is 0 Å². The third kappa shape index (κ3) is 2.57. The van der Waals surface area contributed by atoms with Crippen molar-refractivity contribution in [2.24, 2.45) is 0 Å². The van der Waals surface area contributed by atoms with Crippen LogP contribution in [0.1, 0.15) is 28.5 Å². The van der Waals surface area contributed by atoms with Gasteiger partial charge >= 0.3 is 6.09 Å². The quantitative estimate of drug-likeness (QED) is 0.862. The van der Waals surface area contributed by atoms with E-state index in [1.807, 2.05) is 13.1 Å². The van der Waals surface area contributed by atoms with E-state index in [0.717, 1.165) is 23.2 Å². The molecule has 2 rings (SSSR count). The minimum atomic E-state index is -0.939. The number of fused-ring (bicyclic) bond motifs is 1. The Balaban J connectivity index is 2.02. The van der Waals surface area contributed by atoms with E-state index in [1.54, 1.807) is 11.8 Å². The minimum absolute atomic E-state index is 0.00134. The number of hydrogen-bond acceptors (Lipinski definition) is 2. The average Bonchev–Trinajstić information content (AvgIpc) is 2.74. The standard InChI is InChI=1S/C13H19N3O3/c1-3-15(13(18)19)6-7-16-5-4-10-11(12(16)17)9(2)8-14-10/h8,14H,3-7H2,1-2H3,(H,18,19). The molecule has 0 radical (unpaired) electrons. The normalized spacial score (nSPS) is 14.4. The van der Waals surface area contributed by atoms with E-state index in [4.69, 9.17) is 5.11 Å². The Labute approximate surface area is 112 Å².